The van der Waals surface area contributed by atoms with Crippen molar-refractivity contribution in [2.45, 2.75) is 62.7 Å². The van der Waals surface area contributed by atoms with Gasteiger partial charge in [0.2, 0.25) is 5.91 Å². The Morgan fingerprint density at radius 1 is 1.24 bits per heavy atom. The zero-order chi connectivity index (χ0) is 19.6. The van der Waals surface area contributed by atoms with Crippen LogP contribution in [0.4, 0.5) is 4.79 Å². The fraction of sp³-hybridized carbons (Fsp3) is 0.476. The van der Waals surface area contributed by atoms with E-state index in [1.807, 2.05) is 24.3 Å². The molecular weight excluding hydrogens is 399 g/mol. The van der Waals surface area contributed by atoms with E-state index in [-0.39, 0.29) is 52.8 Å². The van der Waals surface area contributed by atoms with Gasteiger partial charge in [0.15, 0.2) is 5.89 Å². The van der Waals surface area contributed by atoms with Gasteiger partial charge in [0.25, 0.3) is 5.24 Å². The van der Waals surface area contributed by atoms with Crippen LogP contribution < -0.4 is 39.6 Å². The maximum absolute atomic E-state index is 11.7. The molecule has 1 unspecified atom stereocenters. The van der Waals surface area contributed by atoms with E-state index >= 15 is 0 Å². The number of oxazole rings is 1. The van der Waals surface area contributed by atoms with Crippen LogP contribution in [0.25, 0.3) is 0 Å². The number of carbonyl (C=O) groups is 2. The van der Waals surface area contributed by atoms with Gasteiger partial charge in [0, 0.05) is 5.41 Å². The minimum atomic E-state index is -0.353. The molecule has 1 aliphatic carbocycles. The Bertz CT molecular complexity index is 868. The van der Waals surface area contributed by atoms with Crippen LogP contribution in [-0.4, -0.2) is 21.4 Å². The Morgan fingerprint density at radius 2 is 1.97 bits per heavy atom. The molecule has 150 valence electrons. The number of ether oxygens (including phenoxy) is 1. The Morgan fingerprint density at radius 3 is 2.62 bits per heavy atom. The number of benzene rings is 1. The Balaban J connectivity index is 0.00000160. The molecule has 1 saturated heterocycles. The number of aromatic nitrogens is 1. The molecule has 8 heteroatoms. The van der Waals surface area contributed by atoms with Crippen molar-refractivity contribution < 1.29 is 49.7 Å². The number of thioether (sulfide) groups is 1. The van der Waals surface area contributed by atoms with Gasteiger partial charge in [-0.3, -0.25) is 14.9 Å². The second kappa shape index (κ2) is 9.69. The predicted molar refractivity (Wildman–Crippen MR) is 107 cm³/mol. The number of rotatable bonds is 6. The molecule has 1 aromatic heterocycles. The number of amides is 2. The summed E-state index contributed by atoms with van der Waals surface area (Å²) in [5, 5.41) is 1.68. The molecular formula is C21H25N2NaO4S. The topological polar surface area (TPSA) is 81.4 Å². The summed E-state index contributed by atoms with van der Waals surface area (Å²) in [6.07, 6.45) is 8.21. The zero-order valence-corrected chi connectivity index (χ0v) is 19.7. The fourth-order valence-corrected chi connectivity index (χ4v) is 4.68. The number of nitrogens with zero attached hydrogens (tertiary/aromatic N) is 1. The summed E-state index contributed by atoms with van der Waals surface area (Å²) in [5.41, 5.74) is 1.83. The van der Waals surface area contributed by atoms with E-state index in [0.717, 1.165) is 47.5 Å². The van der Waals surface area contributed by atoms with Crippen molar-refractivity contribution >= 4 is 22.9 Å². The molecule has 1 atom stereocenters. The van der Waals surface area contributed by atoms with Gasteiger partial charge in [-0.05, 0) is 37.0 Å². The number of hydrogen-bond acceptors (Lipinski definition) is 6. The molecule has 0 bridgehead atoms. The molecule has 0 radical (unpaired) electrons. The maximum Gasteiger partial charge on any atom is 1.00 e. The smallest absolute Gasteiger partial charge is 1.00 e. The molecule has 1 saturated carbocycles. The van der Waals surface area contributed by atoms with Crippen LogP contribution in [0.1, 0.15) is 57.6 Å². The van der Waals surface area contributed by atoms with Gasteiger partial charge in [-0.2, -0.15) is 0 Å². The molecule has 1 aromatic carbocycles. The zero-order valence-electron chi connectivity index (χ0n) is 17.9. The Labute approximate surface area is 198 Å². The minimum absolute atomic E-state index is 0. The van der Waals surface area contributed by atoms with Crippen molar-refractivity contribution in [2.75, 3.05) is 0 Å². The number of hydrogen-bond donors (Lipinski definition) is 1. The summed E-state index contributed by atoms with van der Waals surface area (Å²) >= 11 is 1.04. The van der Waals surface area contributed by atoms with Crippen molar-refractivity contribution in [1.82, 2.24) is 10.3 Å². The standard InChI is InChI=1S/C21H24N2O4S.Na.H/c1-21(9-3-2-4-10-21)19-22-15(13-27-19)12-26-16-7-5-14(6-8-16)11-17-18(24)23-20(25)28-17;;/h5-8,13,17H,2-4,9-12H2,1H3,(H,23,24,25);;/q;+1;-1. The van der Waals surface area contributed by atoms with Crippen molar-refractivity contribution in [3.8, 4) is 5.75 Å². The van der Waals surface area contributed by atoms with Crippen LogP contribution in [0.5, 0.6) is 5.75 Å². The van der Waals surface area contributed by atoms with Gasteiger partial charge in [-0.25, -0.2) is 4.98 Å². The summed E-state index contributed by atoms with van der Waals surface area (Å²) in [5.74, 6) is 1.34. The van der Waals surface area contributed by atoms with Crippen LogP contribution in [0.3, 0.4) is 0 Å². The normalized spacial score (nSPS) is 20.8. The van der Waals surface area contributed by atoms with E-state index in [1.165, 1.54) is 19.3 Å². The summed E-state index contributed by atoms with van der Waals surface area (Å²) < 4.78 is 11.6. The number of carbonyl (C=O) groups excluding carboxylic acids is 2. The van der Waals surface area contributed by atoms with Crippen molar-refractivity contribution in [3.63, 3.8) is 0 Å². The van der Waals surface area contributed by atoms with Gasteiger partial charge >= 0.3 is 29.6 Å². The molecule has 2 aliphatic rings. The van der Waals surface area contributed by atoms with Gasteiger partial charge < -0.3 is 10.6 Å². The van der Waals surface area contributed by atoms with Crippen LogP contribution in [0.15, 0.2) is 34.9 Å². The number of imide groups is 1. The molecule has 2 fully saturated rings. The van der Waals surface area contributed by atoms with E-state index in [4.69, 9.17) is 9.15 Å². The van der Waals surface area contributed by atoms with Crippen LogP contribution in [0.2, 0.25) is 0 Å². The minimum Gasteiger partial charge on any atom is -1.00 e. The second-order valence-corrected chi connectivity index (χ2v) is 8.96. The van der Waals surface area contributed by atoms with E-state index in [2.05, 4.69) is 17.2 Å². The molecule has 2 amide bonds. The largest absolute Gasteiger partial charge is 1.00 e. The first-order valence-electron chi connectivity index (χ1n) is 9.70. The monoisotopic (exact) mass is 424 g/mol. The van der Waals surface area contributed by atoms with E-state index < -0.39 is 0 Å². The van der Waals surface area contributed by atoms with Crippen LogP contribution in [-0.2, 0) is 23.2 Å². The molecule has 29 heavy (non-hydrogen) atoms. The summed E-state index contributed by atoms with van der Waals surface area (Å²) in [6.45, 7) is 2.59. The van der Waals surface area contributed by atoms with E-state index in [1.54, 1.807) is 6.26 Å². The Hall–Kier alpha value is -1.28. The predicted octanol–water partition coefficient (Wildman–Crippen LogP) is 1.49. The van der Waals surface area contributed by atoms with Gasteiger partial charge in [0.05, 0.1) is 5.25 Å². The summed E-state index contributed by atoms with van der Waals surface area (Å²) in [6, 6.07) is 7.59. The number of nitrogens with one attached hydrogen (secondary N) is 1. The SMILES string of the molecule is CC1(c2nc(COc3ccc(CC4SC(=O)NC4=O)cc3)co2)CCCCC1.[H-].[Na+]. The molecule has 2 aromatic rings. The van der Waals surface area contributed by atoms with Gasteiger partial charge in [0.1, 0.15) is 24.3 Å². The first-order valence-corrected chi connectivity index (χ1v) is 10.6. The fourth-order valence-electron chi connectivity index (χ4n) is 3.82. The van der Waals surface area contributed by atoms with Crippen molar-refractivity contribution in [1.29, 1.82) is 0 Å². The quantitative estimate of drug-likeness (QED) is 0.708. The second-order valence-electron chi connectivity index (χ2n) is 7.79. The van der Waals surface area contributed by atoms with E-state index in [0.29, 0.717) is 13.0 Å². The van der Waals surface area contributed by atoms with Crippen molar-refractivity contribution in [2.24, 2.45) is 0 Å². The van der Waals surface area contributed by atoms with Gasteiger partial charge in [-0.15, -0.1) is 0 Å². The molecule has 4 rings (SSSR count). The summed E-state index contributed by atoms with van der Waals surface area (Å²) in [7, 11) is 0. The third-order valence-corrected chi connectivity index (χ3v) is 6.50. The van der Waals surface area contributed by atoms with Crippen molar-refractivity contribution in [3.05, 3.63) is 47.7 Å². The van der Waals surface area contributed by atoms with E-state index in [9.17, 15) is 9.59 Å². The molecule has 1 N–H and O–H groups in total. The molecule has 6 nitrogen and oxygen atoms in total. The average molecular weight is 424 g/mol. The maximum atomic E-state index is 11.7. The molecule has 2 heterocycles. The molecule has 0 spiro atoms. The van der Waals surface area contributed by atoms with Crippen LogP contribution in [0, 0.1) is 0 Å². The third kappa shape index (κ3) is 5.45. The first kappa shape index (κ1) is 22.4. The Kier molecular flexibility index (Phi) is 7.48. The molecule has 1 aliphatic heterocycles. The summed E-state index contributed by atoms with van der Waals surface area (Å²) in [4.78, 5) is 27.6. The van der Waals surface area contributed by atoms with Gasteiger partial charge in [-0.1, -0.05) is 50.1 Å². The third-order valence-electron chi connectivity index (χ3n) is 5.52. The average Bonchev–Trinajstić information content (AvgIpc) is 3.29. The van der Waals surface area contributed by atoms with Crippen LogP contribution >= 0.6 is 11.8 Å². The first-order chi connectivity index (χ1) is 13.5.